The zero-order valence-corrected chi connectivity index (χ0v) is 20.6. The first-order valence-corrected chi connectivity index (χ1v) is 13.6. The third-order valence-electron chi connectivity index (χ3n) is 5.53. The number of para-hydroxylation sites is 1. The molecule has 0 spiro atoms. The van der Waals surface area contributed by atoms with E-state index >= 15 is 0 Å². The Labute approximate surface area is 206 Å². The molecule has 0 aliphatic carbocycles. The van der Waals surface area contributed by atoms with E-state index in [0.717, 1.165) is 19.3 Å². The molecule has 1 aromatic heterocycles. The minimum Gasteiger partial charge on any atom is -0.379 e. The number of hydrogen-bond donors (Lipinski definition) is 0. The van der Waals surface area contributed by atoms with Crippen molar-refractivity contribution in [3.63, 3.8) is 0 Å². The number of carbonyl (C=O) groups excluding carboxylic acids is 1. The van der Waals surface area contributed by atoms with Crippen LogP contribution in [0.4, 0.5) is 10.8 Å². The van der Waals surface area contributed by atoms with Crippen molar-refractivity contribution in [1.29, 1.82) is 0 Å². The maximum absolute atomic E-state index is 13.3. The van der Waals surface area contributed by atoms with Crippen LogP contribution in [0.2, 0.25) is 0 Å². The summed E-state index contributed by atoms with van der Waals surface area (Å²) in [5, 5.41) is 11.3. The Morgan fingerprint density at radius 1 is 1.23 bits per heavy atom. The van der Waals surface area contributed by atoms with Crippen molar-refractivity contribution in [2.24, 2.45) is 0 Å². The fourth-order valence-corrected chi connectivity index (χ4v) is 5.58. The Bertz CT molecular complexity index is 1360. The van der Waals surface area contributed by atoms with Gasteiger partial charge in [-0.1, -0.05) is 17.4 Å². The lowest BCUT2D eigenvalue weighted by atomic mass is 10.2. The fraction of sp³-hybridized carbons (Fsp3) is 0.304. The summed E-state index contributed by atoms with van der Waals surface area (Å²) in [6, 6.07) is 10.8. The maximum atomic E-state index is 13.3. The second kappa shape index (κ2) is 10.6. The van der Waals surface area contributed by atoms with E-state index in [1.165, 1.54) is 40.5 Å². The van der Waals surface area contributed by atoms with Gasteiger partial charge in [-0.15, -0.1) is 0 Å². The van der Waals surface area contributed by atoms with Crippen LogP contribution in [0.25, 0.3) is 16.3 Å². The first-order chi connectivity index (χ1) is 16.7. The number of thiazole rings is 1. The van der Waals surface area contributed by atoms with Crippen LogP contribution in [0.15, 0.2) is 53.4 Å². The number of nitro groups is 1. The van der Waals surface area contributed by atoms with Crippen molar-refractivity contribution < 1.29 is 22.9 Å². The monoisotopic (exact) mass is 516 g/mol. The van der Waals surface area contributed by atoms with Crippen LogP contribution in [0.5, 0.6) is 0 Å². The molecule has 1 saturated heterocycles. The molecule has 0 saturated carbocycles. The summed E-state index contributed by atoms with van der Waals surface area (Å²) < 4.78 is 30.5. The standard InChI is InChI=1S/C23H24N4O6S2/c1-35(31,32)20-4-2-3-19-22(20)24-23(34-19)26(12-11-25-13-15-33-16-14-25)21(28)10-7-17-5-8-18(9-6-17)27(29)30/h2-10H,11-16H2,1H3. The molecule has 1 aliphatic rings. The third-order valence-corrected chi connectivity index (χ3v) is 7.70. The van der Waals surface area contributed by atoms with Gasteiger partial charge in [-0.3, -0.25) is 24.7 Å². The van der Waals surface area contributed by atoms with Crippen LogP contribution >= 0.6 is 11.3 Å². The lowest BCUT2D eigenvalue weighted by molar-refractivity contribution is -0.384. The SMILES string of the molecule is CS(=O)(=O)c1cccc2sc(N(CCN3CCOCC3)C(=O)C=Cc3ccc([N+](=O)[O-])cc3)nc12. The van der Waals surface area contributed by atoms with E-state index in [9.17, 15) is 23.3 Å². The van der Waals surface area contributed by atoms with Gasteiger partial charge in [0.05, 0.1) is 27.7 Å². The van der Waals surface area contributed by atoms with E-state index in [1.54, 1.807) is 30.3 Å². The summed E-state index contributed by atoms with van der Waals surface area (Å²) in [5.41, 5.74) is 0.955. The molecule has 3 aromatic rings. The molecular formula is C23H24N4O6S2. The highest BCUT2D eigenvalue weighted by Gasteiger charge is 2.22. The van der Waals surface area contributed by atoms with Gasteiger partial charge in [-0.25, -0.2) is 13.4 Å². The molecule has 1 aliphatic heterocycles. The normalized spacial score (nSPS) is 15.0. The number of anilines is 1. The number of hydrogen-bond acceptors (Lipinski definition) is 9. The van der Waals surface area contributed by atoms with E-state index < -0.39 is 14.8 Å². The van der Waals surface area contributed by atoms with Gasteiger partial charge in [-0.2, -0.15) is 0 Å². The zero-order chi connectivity index (χ0) is 25.0. The number of sulfone groups is 1. The van der Waals surface area contributed by atoms with Gasteiger partial charge in [0.1, 0.15) is 5.52 Å². The van der Waals surface area contributed by atoms with Gasteiger partial charge in [0.15, 0.2) is 15.0 Å². The Kier molecular flexibility index (Phi) is 7.55. The molecule has 1 amide bonds. The second-order valence-corrected chi connectivity index (χ2v) is 11.0. The molecule has 12 heteroatoms. The number of fused-ring (bicyclic) bond motifs is 1. The Hall–Kier alpha value is -3.19. The van der Waals surface area contributed by atoms with Crippen molar-refractivity contribution in [2.75, 3.05) is 50.5 Å². The highest BCUT2D eigenvalue weighted by Crippen LogP contribution is 2.33. The lowest BCUT2D eigenvalue weighted by Gasteiger charge is -2.28. The molecule has 0 atom stereocenters. The summed E-state index contributed by atoms with van der Waals surface area (Å²) in [6.45, 7) is 3.75. The van der Waals surface area contributed by atoms with E-state index in [0.29, 0.717) is 47.2 Å². The van der Waals surface area contributed by atoms with Crippen LogP contribution in [-0.2, 0) is 19.4 Å². The van der Waals surface area contributed by atoms with Gasteiger partial charge in [0.2, 0.25) is 0 Å². The number of rotatable bonds is 8. The number of ether oxygens (including phenoxy) is 1. The molecule has 1 fully saturated rings. The smallest absolute Gasteiger partial charge is 0.269 e. The molecule has 184 valence electrons. The highest BCUT2D eigenvalue weighted by molar-refractivity contribution is 7.91. The van der Waals surface area contributed by atoms with Gasteiger partial charge in [-0.05, 0) is 35.9 Å². The molecule has 10 nitrogen and oxygen atoms in total. The number of non-ortho nitro benzene ring substituents is 1. The van der Waals surface area contributed by atoms with Crippen molar-refractivity contribution in [3.05, 3.63) is 64.2 Å². The molecule has 4 rings (SSSR count). The molecular weight excluding hydrogens is 492 g/mol. The van der Waals surface area contributed by atoms with Crippen molar-refractivity contribution in [2.45, 2.75) is 4.90 Å². The minimum absolute atomic E-state index is 0.0308. The summed E-state index contributed by atoms with van der Waals surface area (Å²) in [7, 11) is -3.49. The second-order valence-electron chi connectivity index (χ2n) is 8.00. The van der Waals surface area contributed by atoms with Crippen LogP contribution in [0.3, 0.4) is 0 Å². The summed E-state index contributed by atoms with van der Waals surface area (Å²) in [4.78, 5) is 32.0. The average molecular weight is 517 g/mol. The summed E-state index contributed by atoms with van der Waals surface area (Å²) in [6.07, 6.45) is 4.11. The van der Waals surface area contributed by atoms with Gasteiger partial charge in [0, 0.05) is 50.6 Å². The quantitative estimate of drug-likeness (QED) is 0.254. The number of benzene rings is 2. The molecule has 35 heavy (non-hydrogen) atoms. The zero-order valence-electron chi connectivity index (χ0n) is 19.0. The molecule has 0 unspecified atom stereocenters. The largest absolute Gasteiger partial charge is 0.379 e. The average Bonchev–Trinajstić information content (AvgIpc) is 3.27. The van der Waals surface area contributed by atoms with Crippen molar-refractivity contribution >= 4 is 54.2 Å². The molecule has 2 heterocycles. The topological polar surface area (TPSA) is 123 Å². The minimum atomic E-state index is -3.49. The predicted molar refractivity (Wildman–Crippen MR) is 134 cm³/mol. The van der Waals surface area contributed by atoms with Crippen LogP contribution < -0.4 is 4.90 Å². The number of morpholine rings is 1. The van der Waals surface area contributed by atoms with E-state index in [4.69, 9.17) is 4.74 Å². The van der Waals surface area contributed by atoms with E-state index in [1.807, 2.05) is 0 Å². The van der Waals surface area contributed by atoms with Crippen molar-refractivity contribution in [3.8, 4) is 0 Å². The van der Waals surface area contributed by atoms with Gasteiger partial charge < -0.3 is 4.74 Å². The van der Waals surface area contributed by atoms with Crippen LogP contribution in [-0.4, -0.2) is 74.8 Å². The van der Waals surface area contributed by atoms with E-state index in [2.05, 4.69) is 9.88 Å². The predicted octanol–water partition coefficient (Wildman–Crippen LogP) is 2.99. The van der Waals surface area contributed by atoms with Gasteiger partial charge >= 0.3 is 0 Å². The number of amides is 1. The highest BCUT2D eigenvalue weighted by atomic mass is 32.2. The Morgan fingerprint density at radius 2 is 1.94 bits per heavy atom. The Balaban J connectivity index is 1.62. The third kappa shape index (κ3) is 6.09. The Morgan fingerprint density at radius 3 is 2.60 bits per heavy atom. The number of nitrogens with zero attached hydrogens (tertiary/aromatic N) is 4. The van der Waals surface area contributed by atoms with Crippen molar-refractivity contribution in [1.82, 2.24) is 9.88 Å². The van der Waals surface area contributed by atoms with Crippen LogP contribution in [0, 0.1) is 10.1 Å². The number of nitro benzene ring substituents is 1. The number of aromatic nitrogens is 1. The number of carbonyl (C=O) groups is 1. The molecule has 2 aromatic carbocycles. The van der Waals surface area contributed by atoms with Crippen LogP contribution in [0.1, 0.15) is 5.56 Å². The molecule has 0 bridgehead atoms. The fourth-order valence-electron chi connectivity index (χ4n) is 3.66. The lowest BCUT2D eigenvalue weighted by Crippen LogP contribution is -2.42. The summed E-state index contributed by atoms with van der Waals surface area (Å²) in [5.74, 6) is -0.323. The molecule has 0 radical (unpaired) electrons. The first kappa shape index (κ1) is 24.9. The first-order valence-electron chi connectivity index (χ1n) is 10.9. The summed E-state index contributed by atoms with van der Waals surface area (Å²) >= 11 is 1.25. The molecule has 0 N–H and O–H groups in total. The van der Waals surface area contributed by atoms with E-state index in [-0.39, 0.29) is 16.5 Å². The maximum Gasteiger partial charge on any atom is 0.269 e. The van der Waals surface area contributed by atoms with Gasteiger partial charge in [0.25, 0.3) is 11.6 Å².